The minimum atomic E-state index is -3.77. The van der Waals surface area contributed by atoms with E-state index in [0.717, 1.165) is 17.1 Å². The molecule has 2 N–H and O–H groups in total. The van der Waals surface area contributed by atoms with E-state index in [1.165, 1.54) is 35.6 Å². The third kappa shape index (κ3) is 4.90. The third-order valence-corrected chi connectivity index (χ3v) is 7.32. The highest BCUT2D eigenvalue weighted by molar-refractivity contribution is 7.89. The van der Waals surface area contributed by atoms with Crippen molar-refractivity contribution in [2.75, 3.05) is 18.4 Å². The van der Waals surface area contributed by atoms with Crippen molar-refractivity contribution in [1.82, 2.24) is 24.1 Å². The Hall–Kier alpha value is -3.74. The summed E-state index contributed by atoms with van der Waals surface area (Å²) in [4.78, 5) is 14.1. The Morgan fingerprint density at radius 2 is 1.80 bits per heavy atom. The number of halogens is 2. The first-order chi connectivity index (χ1) is 16.9. The van der Waals surface area contributed by atoms with E-state index in [2.05, 4.69) is 25.0 Å². The van der Waals surface area contributed by atoms with E-state index in [0.29, 0.717) is 28.6 Å². The number of hydrogen-bond acceptors (Lipinski definition) is 7. The second kappa shape index (κ2) is 9.49. The maximum absolute atomic E-state index is 13.9. The molecule has 35 heavy (non-hydrogen) atoms. The number of imidazole rings is 1. The second-order valence-corrected chi connectivity index (χ2v) is 10.1. The summed E-state index contributed by atoms with van der Waals surface area (Å²) in [5.74, 6) is -0.585. The van der Waals surface area contributed by atoms with Crippen molar-refractivity contribution in [3.63, 3.8) is 0 Å². The Morgan fingerprint density at radius 1 is 0.971 bits per heavy atom. The maximum Gasteiger partial charge on any atom is 0.240 e. The highest BCUT2D eigenvalue weighted by Crippen LogP contribution is 2.33. The fourth-order valence-corrected chi connectivity index (χ4v) is 5.25. The SMILES string of the molecule is O=S(=O)(NCCNc1nccc(-c2c(-c3cccc(F)c3)nc3sccn23)n1)c1ccc(F)cc1. The van der Waals surface area contributed by atoms with Crippen LogP contribution >= 0.6 is 11.3 Å². The van der Waals surface area contributed by atoms with Crippen LogP contribution in [0.3, 0.4) is 0 Å². The van der Waals surface area contributed by atoms with Gasteiger partial charge in [-0.15, -0.1) is 11.3 Å². The quantitative estimate of drug-likeness (QED) is 0.303. The molecule has 0 aliphatic rings. The molecule has 0 atom stereocenters. The second-order valence-electron chi connectivity index (χ2n) is 7.42. The molecule has 12 heteroatoms. The summed E-state index contributed by atoms with van der Waals surface area (Å²) in [5.41, 5.74) is 2.47. The molecule has 0 unspecified atom stereocenters. The predicted octanol–water partition coefficient (Wildman–Crippen LogP) is 4.19. The predicted molar refractivity (Wildman–Crippen MR) is 130 cm³/mol. The van der Waals surface area contributed by atoms with Gasteiger partial charge in [0, 0.05) is 36.4 Å². The van der Waals surface area contributed by atoms with Gasteiger partial charge in [-0.3, -0.25) is 4.40 Å². The van der Waals surface area contributed by atoms with Gasteiger partial charge in [-0.2, -0.15) is 0 Å². The van der Waals surface area contributed by atoms with Crippen LogP contribution in [0.2, 0.25) is 0 Å². The van der Waals surface area contributed by atoms with Crippen LogP contribution < -0.4 is 10.0 Å². The average molecular weight is 513 g/mol. The molecular weight excluding hydrogens is 494 g/mol. The van der Waals surface area contributed by atoms with Crippen molar-refractivity contribution in [1.29, 1.82) is 0 Å². The van der Waals surface area contributed by atoms with E-state index in [9.17, 15) is 17.2 Å². The molecule has 3 aromatic heterocycles. The number of anilines is 1. The Kier molecular flexibility index (Phi) is 6.24. The first kappa shape index (κ1) is 23.0. The molecule has 8 nitrogen and oxygen atoms in total. The van der Waals surface area contributed by atoms with Gasteiger partial charge in [0.25, 0.3) is 0 Å². The molecule has 0 saturated heterocycles. The van der Waals surface area contributed by atoms with Gasteiger partial charge in [-0.1, -0.05) is 12.1 Å². The molecule has 3 heterocycles. The van der Waals surface area contributed by atoms with E-state index < -0.39 is 15.8 Å². The number of fused-ring (bicyclic) bond motifs is 1. The molecule has 5 rings (SSSR count). The fraction of sp³-hybridized carbons (Fsp3) is 0.0870. The standard InChI is InChI=1S/C23H18F2N6O2S2/c24-16-4-6-18(7-5-16)35(32,33)28-11-10-27-22-26-9-8-19(29-22)21-20(15-2-1-3-17(25)14-15)30-23-31(21)12-13-34-23/h1-9,12-14,28H,10-11H2,(H,26,27,29). The van der Waals surface area contributed by atoms with E-state index >= 15 is 0 Å². The summed E-state index contributed by atoms with van der Waals surface area (Å²) in [7, 11) is -3.77. The number of benzene rings is 2. The van der Waals surface area contributed by atoms with Gasteiger partial charge in [0.1, 0.15) is 17.3 Å². The average Bonchev–Trinajstić information content (AvgIpc) is 3.44. The van der Waals surface area contributed by atoms with Crippen molar-refractivity contribution in [3.05, 3.63) is 84.0 Å². The van der Waals surface area contributed by atoms with Crippen LogP contribution in [0.4, 0.5) is 14.7 Å². The van der Waals surface area contributed by atoms with Crippen LogP contribution in [0.5, 0.6) is 0 Å². The van der Waals surface area contributed by atoms with Gasteiger partial charge < -0.3 is 5.32 Å². The van der Waals surface area contributed by atoms with E-state index in [1.807, 2.05) is 16.0 Å². The summed E-state index contributed by atoms with van der Waals surface area (Å²) in [6.45, 7) is 0.268. The molecule has 0 fully saturated rings. The van der Waals surface area contributed by atoms with Crippen molar-refractivity contribution < 1.29 is 17.2 Å². The molecule has 0 aliphatic carbocycles. The molecule has 0 aliphatic heterocycles. The van der Waals surface area contributed by atoms with Gasteiger partial charge in [-0.25, -0.2) is 36.9 Å². The molecule has 0 radical (unpaired) electrons. The van der Waals surface area contributed by atoms with Crippen LogP contribution in [-0.2, 0) is 10.0 Å². The molecule has 2 aromatic carbocycles. The summed E-state index contributed by atoms with van der Waals surface area (Å²) in [6.07, 6.45) is 3.44. The van der Waals surface area contributed by atoms with Gasteiger partial charge >= 0.3 is 0 Å². The van der Waals surface area contributed by atoms with Gasteiger partial charge in [0.2, 0.25) is 16.0 Å². The van der Waals surface area contributed by atoms with Crippen LogP contribution in [0.15, 0.2) is 77.3 Å². The molecule has 0 spiro atoms. The van der Waals surface area contributed by atoms with E-state index in [1.54, 1.807) is 24.4 Å². The number of thiazole rings is 1. The fourth-order valence-electron chi connectivity index (χ4n) is 3.50. The number of hydrogen-bond donors (Lipinski definition) is 2. The number of nitrogens with one attached hydrogen (secondary N) is 2. The van der Waals surface area contributed by atoms with Crippen LogP contribution in [0.25, 0.3) is 27.6 Å². The number of rotatable bonds is 8. The summed E-state index contributed by atoms with van der Waals surface area (Å²) in [6, 6.07) is 12.5. The molecule has 178 valence electrons. The normalized spacial score (nSPS) is 11.7. The Bertz CT molecular complexity index is 1600. The summed E-state index contributed by atoms with van der Waals surface area (Å²) >= 11 is 1.45. The summed E-state index contributed by atoms with van der Waals surface area (Å²) < 4.78 is 55.9. The Balaban J connectivity index is 1.34. The lowest BCUT2D eigenvalue weighted by molar-refractivity contribution is 0.582. The molecular formula is C23H18F2N6O2S2. The minimum Gasteiger partial charge on any atom is -0.353 e. The number of aromatic nitrogens is 4. The third-order valence-electron chi connectivity index (χ3n) is 5.08. The molecule has 0 bridgehead atoms. The van der Waals surface area contributed by atoms with Crippen LogP contribution in [0, 0.1) is 11.6 Å². The lowest BCUT2D eigenvalue weighted by atomic mass is 10.1. The zero-order valence-electron chi connectivity index (χ0n) is 18.0. The van der Waals surface area contributed by atoms with Crippen LogP contribution in [-0.4, -0.2) is 40.9 Å². The van der Waals surface area contributed by atoms with Gasteiger partial charge in [0.05, 0.1) is 16.3 Å². The molecule has 0 amide bonds. The highest BCUT2D eigenvalue weighted by Gasteiger charge is 2.19. The van der Waals surface area contributed by atoms with Crippen molar-refractivity contribution in [2.24, 2.45) is 0 Å². The zero-order valence-corrected chi connectivity index (χ0v) is 19.7. The van der Waals surface area contributed by atoms with Gasteiger partial charge in [-0.05, 0) is 42.5 Å². The number of nitrogens with zero attached hydrogens (tertiary/aromatic N) is 4. The van der Waals surface area contributed by atoms with Crippen molar-refractivity contribution in [3.8, 4) is 22.6 Å². The topological polar surface area (TPSA) is 101 Å². The Morgan fingerprint density at radius 3 is 2.60 bits per heavy atom. The smallest absolute Gasteiger partial charge is 0.240 e. The first-order valence-corrected chi connectivity index (χ1v) is 12.8. The molecule has 0 saturated carbocycles. The van der Waals surface area contributed by atoms with E-state index in [4.69, 9.17) is 0 Å². The highest BCUT2D eigenvalue weighted by atomic mass is 32.2. The van der Waals surface area contributed by atoms with Crippen molar-refractivity contribution in [2.45, 2.75) is 4.90 Å². The number of sulfonamides is 1. The van der Waals surface area contributed by atoms with E-state index in [-0.39, 0.29) is 23.8 Å². The van der Waals surface area contributed by atoms with Crippen molar-refractivity contribution >= 4 is 32.3 Å². The maximum atomic E-state index is 13.9. The van der Waals surface area contributed by atoms with Crippen LogP contribution in [0.1, 0.15) is 0 Å². The molecule has 5 aromatic rings. The first-order valence-electron chi connectivity index (χ1n) is 10.4. The monoisotopic (exact) mass is 512 g/mol. The lowest BCUT2D eigenvalue weighted by Crippen LogP contribution is -2.29. The lowest BCUT2D eigenvalue weighted by Gasteiger charge is -2.09. The largest absolute Gasteiger partial charge is 0.353 e. The zero-order chi connectivity index (χ0) is 24.4. The van der Waals surface area contributed by atoms with Gasteiger partial charge in [0.15, 0.2) is 4.96 Å². The minimum absolute atomic E-state index is 0.0254. The Labute approximate surface area is 203 Å². The summed E-state index contributed by atoms with van der Waals surface area (Å²) in [5, 5.41) is 4.89.